The molecule has 0 spiro atoms. The molecule has 2 rings (SSSR count). The Morgan fingerprint density at radius 1 is 1.25 bits per heavy atom. The molecule has 20 heavy (non-hydrogen) atoms. The average Bonchev–Trinajstić information content (AvgIpc) is 2.48. The molecular formula is C17H28N2O. The molecule has 1 aromatic rings. The quantitative estimate of drug-likeness (QED) is 0.834. The number of hydrogen-bond acceptors (Lipinski definition) is 3. The van der Waals surface area contributed by atoms with Gasteiger partial charge in [-0.3, -0.25) is 0 Å². The van der Waals surface area contributed by atoms with Crippen molar-refractivity contribution >= 4 is 0 Å². The molecule has 0 saturated carbocycles. The van der Waals surface area contributed by atoms with Crippen LogP contribution in [0.4, 0.5) is 0 Å². The third-order valence-corrected chi connectivity index (χ3v) is 4.37. The summed E-state index contributed by atoms with van der Waals surface area (Å²) in [5, 5.41) is 13.2. The first kappa shape index (κ1) is 15.5. The molecule has 0 amide bonds. The van der Waals surface area contributed by atoms with Crippen molar-refractivity contribution in [2.75, 3.05) is 32.7 Å². The zero-order chi connectivity index (χ0) is 14.4. The Balaban J connectivity index is 2.07. The summed E-state index contributed by atoms with van der Waals surface area (Å²) in [6, 6.07) is 10.8. The lowest BCUT2D eigenvalue weighted by molar-refractivity contribution is 0.0716. The van der Waals surface area contributed by atoms with Gasteiger partial charge in [0.05, 0.1) is 6.10 Å². The summed E-state index contributed by atoms with van der Waals surface area (Å²) in [5.74, 6) is 0. The van der Waals surface area contributed by atoms with Crippen LogP contribution in [0.1, 0.15) is 32.3 Å². The van der Waals surface area contributed by atoms with Crippen LogP contribution in [-0.4, -0.2) is 48.8 Å². The van der Waals surface area contributed by atoms with E-state index in [0.29, 0.717) is 0 Å². The largest absolute Gasteiger partial charge is 0.393 e. The van der Waals surface area contributed by atoms with E-state index in [1.165, 1.54) is 5.56 Å². The smallest absolute Gasteiger partial charge is 0.0564 e. The molecule has 0 radical (unpaired) electrons. The highest BCUT2D eigenvalue weighted by Crippen LogP contribution is 2.26. The summed E-state index contributed by atoms with van der Waals surface area (Å²) in [7, 11) is 0. The third-order valence-electron chi connectivity index (χ3n) is 4.37. The molecule has 0 aliphatic carbocycles. The van der Waals surface area contributed by atoms with E-state index in [-0.39, 0.29) is 11.5 Å². The number of hydrogen-bond donors (Lipinski definition) is 2. The molecule has 1 saturated heterocycles. The van der Waals surface area contributed by atoms with Crippen LogP contribution in [0.3, 0.4) is 0 Å². The average molecular weight is 276 g/mol. The van der Waals surface area contributed by atoms with Gasteiger partial charge in [-0.05, 0) is 24.9 Å². The predicted molar refractivity (Wildman–Crippen MR) is 84.0 cm³/mol. The molecule has 0 bridgehead atoms. The van der Waals surface area contributed by atoms with E-state index in [1.807, 2.05) is 0 Å². The maximum atomic E-state index is 9.64. The maximum Gasteiger partial charge on any atom is 0.0564 e. The Bertz CT molecular complexity index is 387. The lowest BCUT2D eigenvalue weighted by Crippen LogP contribution is -2.48. The summed E-state index contributed by atoms with van der Waals surface area (Å²) >= 11 is 0. The number of likely N-dealkylation sites (tertiary alicyclic amines) is 1. The van der Waals surface area contributed by atoms with E-state index in [0.717, 1.165) is 45.6 Å². The second-order valence-corrected chi connectivity index (χ2v) is 6.21. The lowest BCUT2D eigenvalue weighted by Gasteiger charge is -2.39. The summed E-state index contributed by atoms with van der Waals surface area (Å²) < 4.78 is 0. The fraction of sp³-hybridized carbons (Fsp3) is 0.647. The Hall–Kier alpha value is -0.900. The number of likely N-dealkylation sites (N-methyl/N-ethyl adjacent to an activating group) is 1. The van der Waals surface area contributed by atoms with Gasteiger partial charge in [0.2, 0.25) is 0 Å². The van der Waals surface area contributed by atoms with Gasteiger partial charge in [0.15, 0.2) is 0 Å². The van der Waals surface area contributed by atoms with Crippen molar-refractivity contribution in [1.29, 1.82) is 0 Å². The van der Waals surface area contributed by atoms with Crippen LogP contribution in [0.2, 0.25) is 0 Å². The summed E-state index contributed by atoms with van der Waals surface area (Å²) in [6.07, 6.45) is 1.72. The van der Waals surface area contributed by atoms with Crippen LogP contribution in [0.5, 0.6) is 0 Å². The van der Waals surface area contributed by atoms with Crippen molar-refractivity contribution in [1.82, 2.24) is 10.2 Å². The molecule has 1 atom stereocenters. The summed E-state index contributed by atoms with van der Waals surface area (Å²) in [6.45, 7) is 9.56. The number of aliphatic hydroxyl groups is 1. The molecule has 1 aromatic carbocycles. The summed E-state index contributed by atoms with van der Waals surface area (Å²) in [5.41, 5.74) is 1.52. The Morgan fingerprint density at radius 3 is 2.50 bits per heavy atom. The first-order valence-corrected chi connectivity index (χ1v) is 7.81. The minimum Gasteiger partial charge on any atom is -0.393 e. The first-order valence-electron chi connectivity index (χ1n) is 7.81. The van der Waals surface area contributed by atoms with Gasteiger partial charge in [-0.2, -0.15) is 0 Å². The molecular weight excluding hydrogens is 248 g/mol. The van der Waals surface area contributed by atoms with E-state index in [1.54, 1.807) is 0 Å². The highest BCUT2D eigenvalue weighted by Gasteiger charge is 2.30. The molecule has 1 fully saturated rings. The lowest BCUT2D eigenvalue weighted by atomic mass is 9.81. The Morgan fingerprint density at radius 2 is 1.90 bits per heavy atom. The minimum absolute atomic E-state index is 0.0944. The van der Waals surface area contributed by atoms with E-state index < -0.39 is 0 Å². The molecule has 2 N–H and O–H groups in total. The second-order valence-electron chi connectivity index (χ2n) is 6.21. The number of benzene rings is 1. The van der Waals surface area contributed by atoms with Crippen molar-refractivity contribution in [3.8, 4) is 0 Å². The van der Waals surface area contributed by atoms with Crippen LogP contribution in [0.25, 0.3) is 0 Å². The number of aliphatic hydroxyl groups excluding tert-OH is 1. The third kappa shape index (κ3) is 4.05. The van der Waals surface area contributed by atoms with Crippen molar-refractivity contribution in [3.05, 3.63) is 35.9 Å². The van der Waals surface area contributed by atoms with Crippen LogP contribution in [0, 0.1) is 0 Å². The van der Waals surface area contributed by atoms with Crippen molar-refractivity contribution in [3.63, 3.8) is 0 Å². The fourth-order valence-corrected chi connectivity index (χ4v) is 3.06. The highest BCUT2D eigenvalue weighted by atomic mass is 16.3. The molecule has 1 aliphatic heterocycles. The molecule has 3 heteroatoms. The van der Waals surface area contributed by atoms with Gasteiger partial charge in [0.1, 0.15) is 0 Å². The molecule has 3 nitrogen and oxygen atoms in total. The van der Waals surface area contributed by atoms with E-state index in [9.17, 15) is 5.11 Å². The Labute approximate surface area is 123 Å². The van der Waals surface area contributed by atoms with E-state index >= 15 is 0 Å². The zero-order valence-corrected chi connectivity index (χ0v) is 12.8. The first-order chi connectivity index (χ1) is 9.64. The maximum absolute atomic E-state index is 9.64. The number of piperidine rings is 1. The van der Waals surface area contributed by atoms with Gasteiger partial charge in [0.25, 0.3) is 0 Å². The predicted octanol–water partition coefficient (Wildman–Crippen LogP) is 2.01. The second kappa shape index (κ2) is 7.21. The normalized spacial score (nSPS) is 20.8. The van der Waals surface area contributed by atoms with Gasteiger partial charge >= 0.3 is 0 Å². The van der Waals surface area contributed by atoms with Crippen LogP contribution in [-0.2, 0) is 5.41 Å². The fourth-order valence-electron chi connectivity index (χ4n) is 3.06. The SMILES string of the molecule is CCNCC(C)(CN1CCC(O)CC1)c1ccccc1. The van der Waals surface area contributed by atoms with E-state index in [2.05, 4.69) is 54.4 Å². The van der Waals surface area contributed by atoms with Crippen LogP contribution < -0.4 is 5.32 Å². The molecule has 112 valence electrons. The standard InChI is InChI=1S/C17H28N2O/c1-3-18-13-17(2,15-7-5-4-6-8-15)14-19-11-9-16(20)10-12-19/h4-8,16,18,20H,3,9-14H2,1-2H3. The molecule has 0 aromatic heterocycles. The van der Waals surface area contributed by atoms with Gasteiger partial charge in [-0.1, -0.05) is 44.2 Å². The number of rotatable bonds is 6. The van der Waals surface area contributed by atoms with Gasteiger partial charge in [0, 0.05) is 31.6 Å². The van der Waals surface area contributed by atoms with Crippen molar-refractivity contribution in [2.45, 2.75) is 38.2 Å². The highest BCUT2D eigenvalue weighted by molar-refractivity contribution is 5.25. The van der Waals surface area contributed by atoms with Crippen molar-refractivity contribution in [2.24, 2.45) is 0 Å². The topological polar surface area (TPSA) is 35.5 Å². The molecule has 1 aliphatic rings. The van der Waals surface area contributed by atoms with Gasteiger partial charge in [-0.15, -0.1) is 0 Å². The molecule has 1 heterocycles. The van der Waals surface area contributed by atoms with Gasteiger partial charge in [-0.25, -0.2) is 0 Å². The number of nitrogens with zero attached hydrogens (tertiary/aromatic N) is 1. The van der Waals surface area contributed by atoms with Crippen molar-refractivity contribution < 1.29 is 5.11 Å². The van der Waals surface area contributed by atoms with Gasteiger partial charge < -0.3 is 15.3 Å². The summed E-state index contributed by atoms with van der Waals surface area (Å²) in [4.78, 5) is 2.50. The Kier molecular flexibility index (Phi) is 5.58. The van der Waals surface area contributed by atoms with Crippen LogP contribution in [0.15, 0.2) is 30.3 Å². The molecule has 1 unspecified atom stereocenters. The van der Waals surface area contributed by atoms with Crippen LogP contribution >= 0.6 is 0 Å². The number of nitrogens with one attached hydrogen (secondary N) is 1. The zero-order valence-electron chi connectivity index (χ0n) is 12.8. The van der Waals surface area contributed by atoms with E-state index in [4.69, 9.17) is 0 Å². The monoisotopic (exact) mass is 276 g/mol. The minimum atomic E-state index is -0.0944.